The number of alkyl halides is 3. The van der Waals surface area contributed by atoms with Gasteiger partial charge in [-0.2, -0.15) is 13.2 Å². The summed E-state index contributed by atoms with van der Waals surface area (Å²) in [5.74, 6) is -0.108. The number of thiazole rings is 1. The van der Waals surface area contributed by atoms with Crippen LogP contribution in [0.3, 0.4) is 0 Å². The fraction of sp³-hybridized carbons (Fsp3) is 0.217. The molecule has 8 heteroatoms. The van der Waals surface area contributed by atoms with E-state index >= 15 is 0 Å². The van der Waals surface area contributed by atoms with Crippen LogP contribution in [0.5, 0.6) is 0 Å². The van der Waals surface area contributed by atoms with Gasteiger partial charge in [-0.1, -0.05) is 42.5 Å². The molecule has 0 radical (unpaired) electrons. The van der Waals surface area contributed by atoms with Crippen molar-refractivity contribution in [1.82, 2.24) is 9.97 Å². The Morgan fingerprint density at radius 3 is 2.55 bits per heavy atom. The molecule has 4 rings (SSSR count). The molecule has 2 heterocycles. The molecule has 160 valence electrons. The van der Waals surface area contributed by atoms with E-state index in [0.29, 0.717) is 6.54 Å². The Balaban J connectivity index is 1.39. The molecular formula is C23H21F3N4S. The molecule has 0 spiro atoms. The topological polar surface area (TPSA) is 63.8 Å². The molecule has 31 heavy (non-hydrogen) atoms. The van der Waals surface area contributed by atoms with Gasteiger partial charge in [0.15, 0.2) is 5.13 Å². The Hall–Kier alpha value is -2.97. The molecular weight excluding hydrogens is 421 g/mol. The van der Waals surface area contributed by atoms with E-state index in [4.69, 9.17) is 5.73 Å². The van der Waals surface area contributed by atoms with E-state index in [1.54, 1.807) is 6.20 Å². The third-order valence-corrected chi connectivity index (χ3v) is 6.33. The van der Waals surface area contributed by atoms with Gasteiger partial charge in [0.05, 0.1) is 10.4 Å². The molecule has 3 N–H and O–H groups in total. The van der Waals surface area contributed by atoms with Crippen molar-refractivity contribution in [3.8, 4) is 10.4 Å². The van der Waals surface area contributed by atoms with Gasteiger partial charge in [-0.3, -0.25) is 4.98 Å². The molecule has 0 amide bonds. The second-order valence-electron chi connectivity index (χ2n) is 7.42. The summed E-state index contributed by atoms with van der Waals surface area (Å²) >= 11 is 1.53. The third-order valence-electron chi connectivity index (χ3n) is 5.33. The van der Waals surface area contributed by atoms with Crippen LogP contribution < -0.4 is 11.1 Å². The van der Waals surface area contributed by atoms with Crippen LogP contribution in [-0.4, -0.2) is 22.6 Å². The highest BCUT2D eigenvalue weighted by Crippen LogP contribution is 2.32. The van der Waals surface area contributed by atoms with Gasteiger partial charge < -0.3 is 11.1 Å². The van der Waals surface area contributed by atoms with E-state index in [1.165, 1.54) is 23.5 Å². The number of fused-ring (bicyclic) bond motifs is 1. The molecule has 0 aliphatic rings. The smallest absolute Gasteiger partial charge is 0.360 e. The average molecular weight is 443 g/mol. The number of aromatic nitrogens is 2. The lowest BCUT2D eigenvalue weighted by atomic mass is 9.93. The number of halogens is 3. The maximum absolute atomic E-state index is 12.7. The summed E-state index contributed by atoms with van der Waals surface area (Å²) in [6.45, 7) is 2.37. The zero-order valence-electron chi connectivity index (χ0n) is 16.7. The second-order valence-corrected chi connectivity index (χ2v) is 8.45. The summed E-state index contributed by atoms with van der Waals surface area (Å²) in [5.41, 5.74) is 7.48. The van der Waals surface area contributed by atoms with Gasteiger partial charge in [-0.15, -0.1) is 0 Å². The summed E-state index contributed by atoms with van der Waals surface area (Å²) in [6, 6.07) is 13.0. The summed E-state index contributed by atoms with van der Waals surface area (Å²) in [7, 11) is 0. The molecule has 0 fully saturated rings. The van der Waals surface area contributed by atoms with Gasteiger partial charge in [0.2, 0.25) is 0 Å². The van der Waals surface area contributed by atoms with Crippen LogP contribution in [0.15, 0.2) is 67.1 Å². The van der Waals surface area contributed by atoms with Crippen molar-refractivity contribution in [3.05, 3.63) is 78.2 Å². The minimum atomic E-state index is -4.34. The van der Waals surface area contributed by atoms with Crippen LogP contribution in [0.25, 0.3) is 21.2 Å². The van der Waals surface area contributed by atoms with Crippen molar-refractivity contribution in [2.24, 2.45) is 5.73 Å². The first kappa shape index (κ1) is 21.3. The molecule has 0 saturated carbocycles. The number of nitrogens with one attached hydrogen (secondary N) is 1. The van der Waals surface area contributed by atoms with Crippen LogP contribution in [-0.2, 0) is 6.18 Å². The molecule has 0 aliphatic carbocycles. The second kappa shape index (κ2) is 8.64. The lowest BCUT2D eigenvalue weighted by Gasteiger charge is -2.21. The van der Waals surface area contributed by atoms with Gasteiger partial charge in [-0.25, -0.2) is 4.98 Å². The van der Waals surface area contributed by atoms with Gasteiger partial charge in [0.25, 0.3) is 0 Å². The Bertz CT molecular complexity index is 1170. The van der Waals surface area contributed by atoms with Gasteiger partial charge in [0.1, 0.15) is 0 Å². The predicted molar refractivity (Wildman–Crippen MR) is 119 cm³/mol. The first-order chi connectivity index (χ1) is 14.8. The van der Waals surface area contributed by atoms with Crippen LogP contribution in [0, 0.1) is 0 Å². The van der Waals surface area contributed by atoms with E-state index in [1.807, 2.05) is 37.5 Å². The maximum Gasteiger partial charge on any atom is 0.416 e. The number of benzene rings is 2. The number of hydrogen-bond acceptors (Lipinski definition) is 5. The number of nitrogens with two attached hydrogens (primary N) is 1. The van der Waals surface area contributed by atoms with E-state index in [9.17, 15) is 13.2 Å². The standard InChI is InChI=1S/C23H21F3N4S/c1-14(15-4-6-19(7-5-15)23(24,25)26)20(27)12-29-22-30-13-21(31-22)17-2-3-18-11-28-9-8-16(18)10-17/h2-11,13-14,20H,12,27H2,1H3,(H,29,30)/t14-,20-/m0/s1. The maximum atomic E-state index is 12.7. The van der Waals surface area contributed by atoms with Gasteiger partial charge in [-0.05, 0) is 46.7 Å². The highest BCUT2D eigenvalue weighted by Gasteiger charge is 2.30. The number of anilines is 1. The average Bonchev–Trinajstić information content (AvgIpc) is 3.25. The number of pyridine rings is 1. The lowest BCUT2D eigenvalue weighted by molar-refractivity contribution is -0.137. The van der Waals surface area contributed by atoms with Crippen molar-refractivity contribution >= 4 is 27.2 Å². The normalized spacial score (nSPS) is 13.8. The molecule has 2 atom stereocenters. The fourth-order valence-corrected chi connectivity index (χ4v) is 4.15. The van der Waals surface area contributed by atoms with E-state index in [-0.39, 0.29) is 12.0 Å². The van der Waals surface area contributed by atoms with Crippen molar-refractivity contribution in [2.75, 3.05) is 11.9 Å². The highest BCUT2D eigenvalue weighted by atomic mass is 32.1. The first-order valence-corrected chi connectivity index (χ1v) is 10.6. The van der Waals surface area contributed by atoms with Crippen LogP contribution >= 0.6 is 11.3 Å². The molecule has 0 aliphatic heterocycles. The van der Waals surface area contributed by atoms with E-state index in [0.717, 1.165) is 44.0 Å². The number of nitrogens with zero attached hydrogens (tertiary/aromatic N) is 2. The quantitative estimate of drug-likeness (QED) is 0.389. The monoisotopic (exact) mass is 442 g/mol. The summed E-state index contributed by atoms with van der Waals surface area (Å²) in [4.78, 5) is 9.59. The van der Waals surface area contributed by atoms with Gasteiger partial charge >= 0.3 is 6.18 Å². The van der Waals surface area contributed by atoms with Crippen molar-refractivity contribution in [2.45, 2.75) is 25.1 Å². The lowest BCUT2D eigenvalue weighted by Crippen LogP contribution is -2.34. The Morgan fingerprint density at radius 2 is 1.81 bits per heavy atom. The van der Waals surface area contributed by atoms with Crippen LogP contribution in [0.2, 0.25) is 0 Å². The fourth-order valence-electron chi connectivity index (χ4n) is 3.33. The SMILES string of the molecule is C[C@@H](c1ccc(C(F)(F)F)cc1)[C@@H](N)CNc1ncc(-c2ccc3cnccc3c2)s1. The summed E-state index contributed by atoms with van der Waals surface area (Å²) in [6.07, 6.45) is 1.08. The first-order valence-electron chi connectivity index (χ1n) is 9.78. The van der Waals surface area contributed by atoms with Crippen molar-refractivity contribution < 1.29 is 13.2 Å². The molecule has 2 aromatic carbocycles. The molecule has 4 aromatic rings. The Kier molecular flexibility index (Phi) is 5.93. The third kappa shape index (κ3) is 4.86. The van der Waals surface area contributed by atoms with Crippen molar-refractivity contribution in [1.29, 1.82) is 0 Å². The van der Waals surface area contributed by atoms with Gasteiger partial charge in [0, 0.05) is 36.6 Å². The zero-order valence-corrected chi connectivity index (χ0v) is 17.5. The minimum absolute atomic E-state index is 0.108. The van der Waals surface area contributed by atoms with E-state index < -0.39 is 11.7 Å². The molecule has 4 nitrogen and oxygen atoms in total. The van der Waals surface area contributed by atoms with E-state index in [2.05, 4.69) is 21.4 Å². The molecule has 2 aromatic heterocycles. The van der Waals surface area contributed by atoms with Crippen molar-refractivity contribution in [3.63, 3.8) is 0 Å². The Morgan fingerprint density at radius 1 is 1.03 bits per heavy atom. The zero-order chi connectivity index (χ0) is 22.0. The summed E-state index contributed by atoms with van der Waals surface area (Å²) in [5, 5.41) is 6.19. The predicted octanol–water partition coefficient (Wildman–Crippen LogP) is 5.92. The number of hydrogen-bond donors (Lipinski definition) is 2. The van der Waals surface area contributed by atoms with Crippen LogP contribution in [0.4, 0.5) is 18.3 Å². The molecule has 0 bridgehead atoms. The summed E-state index contributed by atoms with van der Waals surface area (Å²) < 4.78 is 38.2. The number of rotatable bonds is 6. The Labute approximate surface area is 182 Å². The molecule has 0 saturated heterocycles. The highest BCUT2D eigenvalue weighted by molar-refractivity contribution is 7.18. The van der Waals surface area contributed by atoms with Crippen LogP contribution in [0.1, 0.15) is 24.0 Å². The minimum Gasteiger partial charge on any atom is -0.360 e. The largest absolute Gasteiger partial charge is 0.416 e. The molecule has 0 unspecified atom stereocenters.